The number of fused-ring (bicyclic) bond motifs is 3. The molecule has 192 valence electrons. The van der Waals surface area contributed by atoms with Crippen LogP contribution in [0.4, 0.5) is 0 Å². The van der Waals surface area contributed by atoms with Gasteiger partial charge in [0.05, 0.1) is 5.52 Å². The Hall–Kier alpha value is -2.60. The van der Waals surface area contributed by atoms with E-state index in [0.29, 0.717) is 17.9 Å². The van der Waals surface area contributed by atoms with Crippen LogP contribution in [0.1, 0.15) is 42.3 Å². The van der Waals surface area contributed by atoms with E-state index in [9.17, 15) is 9.00 Å². The van der Waals surface area contributed by atoms with Crippen molar-refractivity contribution in [2.24, 2.45) is 0 Å². The highest BCUT2D eigenvalue weighted by Gasteiger charge is 2.21. The lowest BCUT2D eigenvalue weighted by molar-refractivity contribution is 0.0948. The van der Waals surface area contributed by atoms with E-state index >= 15 is 0 Å². The number of likely N-dealkylation sites (N-methyl/N-ethyl adjacent to an activating group) is 1. The second kappa shape index (κ2) is 10.8. The molecule has 0 aliphatic rings. The predicted molar refractivity (Wildman–Crippen MR) is 157 cm³/mol. The van der Waals surface area contributed by atoms with Crippen molar-refractivity contribution in [2.75, 3.05) is 31.9 Å². The minimum absolute atomic E-state index is 0.0907. The number of nitrogens with one attached hydrogen (secondary N) is 2. The SMILES string of the molecule is CCN(CC)CCNC(=O)c1cc(-c2cccc([SH](=O)(P)CC)c2)c2c([nH]c3ncc(C)cc32)c1C. The smallest absolute Gasteiger partial charge is 0.251 e. The van der Waals surface area contributed by atoms with Gasteiger partial charge in [0.2, 0.25) is 0 Å². The molecular formula is C28H37N4O2PS. The summed E-state index contributed by atoms with van der Waals surface area (Å²) in [5.41, 5.74) is 6.17. The van der Waals surface area contributed by atoms with Crippen LogP contribution < -0.4 is 5.32 Å². The molecule has 1 amide bonds. The molecule has 0 radical (unpaired) electrons. The molecule has 0 aliphatic heterocycles. The van der Waals surface area contributed by atoms with E-state index in [-0.39, 0.29) is 5.91 Å². The summed E-state index contributed by atoms with van der Waals surface area (Å²) in [7, 11) is 0.0255. The van der Waals surface area contributed by atoms with E-state index < -0.39 is 9.55 Å². The first-order valence-electron chi connectivity index (χ1n) is 12.6. The van der Waals surface area contributed by atoms with Crippen molar-refractivity contribution in [3.05, 3.63) is 59.3 Å². The third kappa shape index (κ3) is 5.10. The molecule has 2 aromatic carbocycles. The fourth-order valence-electron chi connectivity index (χ4n) is 4.71. The van der Waals surface area contributed by atoms with Crippen LogP contribution in [0.2, 0.25) is 0 Å². The number of benzene rings is 2. The van der Waals surface area contributed by atoms with Crippen LogP contribution in [0.25, 0.3) is 33.1 Å². The third-order valence-corrected chi connectivity index (χ3v) is 11.1. The van der Waals surface area contributed by atoms with Gasteiger partial charge in [-0.3, -0.25) is 9.00 Å². The largest absolute Gasteiger partial charge is 0.351 e. The molecule has 8 heteroatoms. The summed E-state index contributed by atoms with van der Waals surface area (Å²) in [6.07, 6.45) is 1.85. The molecule has 2 heterocycles. The number of aryl methyl sites for hydroxylation is 2. The highest BCUT2D eigenvalue weighted by atomic mass is 32.8. The zero-order valence-corrected chi connectivity index (χ0v) is 23.9. The summed E-state index contributed by atoms with van der Waals surface area (Å²) in [5, 5.41) is 5.16. The van der Waals surface area contributed by atoms with Crippen molar-refractivity contribution in [3.8, 4) is 11.1 Å². The van der Waals surface area contributed by atoms with E-state index in [0.717, 1.165) is 68.7 Å². The Morgan fingerprint density at radius 2 is 1.89 bits per heavy atom. The summed E-state index contributed by atoms with van der Waals surface area (Å²) < 4.78 is 13.2. The lowest BCUT2D eigenvalue weighted by atomic mass is 9.93. The molecule has 2 N–H and O–H groups in total. The Balaban J connectivity index is 1.89. The van der Waals surface area contributed by atoms with E-state index in [1.807, 2.05) is 57.3 Å². The van der Waals surface area contributed by atoms with Crippen molar-refractivity contribution in [3.63, 3.8) is 0 Å². The number of aromatic nitrogens is 2. The predicted octanol–water partition coefficient (Wildman–Crippen LogP) is 5.26. The van der Waals surface area contributed by atoms with Crippen molar-refractivity contribution in [1.29, 1.82) is 0 Å². The van der Waals surface area contributed by atoms with Crippen LogP contribution in [0, 0.1) is 13.8 Å². The van der Waals surface area contributed by atoms with Crippen LogP contribution in [-0.4, -0.2) is 56.9 Å². The lowest BCUT2D eigenvalue weighted by Crippen LogP contribution is -2.35. The number of hydrogen-bond acceptors (Lipinski definition) is 4. The third-order valence-electron chi connectivity index (χ3n) is 7.04. The molecule has 6 nitrogen and oxygen atoms in total. The molecule has 2 aromatic heterocycles. The van der Waals surface area contributed by atoms with Gasteiger partial charge in [0.25, 0.3) is 5.91 Å². The van der Waals surface area contributed by atoms with Crippen LogP contribution in [-0.2, 0) is 9.55 Å². The maximum absolute atomic E-state index is 13.4. The first-order valence-corrected chi connectivity index (χ1v) is 16.1. The van der Waals surface area contributed by atoms with Gasteiger partial charge in [-0.1, -0.05) is 50.9 Å². The van der Waals surface area contributed by atoms with Crippen LogP contribution in [0.5, 0.6) is 0 Å². The molecule has 4 rings (SSSR count). The van der Waals surface area contributed by atoms with Gasteiger partial charge in [-0.05, 0) is 73.5 Å². The molecule has 1 atom stereocenters. The van der Waals surface area contributed by atoms with Gasteiger partial charge in [0.15, 0.2) is 0 Å². The van der Waals surface area contributed by atoms with Gasteiger partial charge >= 0.3 is 0 Å². The first-order chi connectivity index (χ1) is 17.2. The normalized spacial score (nSPS) is 12.5. The number of amides is 1. The number of nitrogens with zero attached hydrogens (tertiary/aromatic N) is 2. The van der Waals surface area contributed by atoms with E-state index in [4.69, 9.17) is 0 Å². The molecule has 1 unspecified atom stereocenters. The quantitative estimate of drug-likeness (QED) is 0.206. The summed E-state index contributed by atoms with van der Waals surface area (Å²) in [5.74, 6) is 0.480. The molecule has 0 fully saturated rings. The van der Waals surface area contributed by atoms with Gasteiger partial charge in [-0.2, -0.15) is 0 Å². The molecular weight excluding hydrogens is 487 g/mol. The van der Waals surface area contributed by atoms with E-state index in [1.165, 1.54) is 0 Å². The maximum Gasteiger partial charge on any atom is 0.251 e. The first kappa shape index (κ1) is 26.5. The molecule has 0 saturated carbocycles. The van der Waals surface area contributed by atoms with Gasteiger partial charge in [0.1, 0.15) is 5.65 Å². The highest BCUT2D eigenvalue weighted by molar-refractivity contribution is 8.45. The van der Waals surface area contributed by atoms with Crippen LogP contribution in [0.15, 0.2) is 47.5 Å². The van der Waals surface area contributed by atoms with Crippen molar-refractivity contribution >= 4 is 45.8 Å². The summed E-state index contributed by atoms with van der Waals surface area (Å²) in [4.78, 5) is 24.6. The molecule has 0 bridgehead atoms. The summed E-state index contributed by atoms with van der Waals surface area (Å²) >= 11 is 0. The number of aromatic amines is 1. The van der Waals surface area contributed by atoms with Crippen molar-refractivity contribution in [2.45, 2.75) is 39.5 Å². The fourth-order valence-corrected chi connectivity index (χ4v) is 6.26. The number of pyridine rings is 1. The van der Waals surface area contributed by atoms with Gasteiger partial charge in [-0.25, -0.2) is 4.98 Å². The van der Waals surface area contributed by atoms with E-state index in [1.54, 1.807) is 0 Å². The fraction of sp³-hybridized carbons (Fsp3) is 0.357. The average Bonchev–Trinajstić information content (AvgIpc) is 3.26. The second-order valence-electron chi connectivity index (χ2n) is 9.33. The number of thiol groups is 1. The molecule has 36 heavy (non-hydrogen) atoms. The summed E-state index contributed by atoms with van der Waals surface area (Å²) in [6.45, 7) is 13.5. The van der Waals surface area contributed by atoms with E-state index in [2.05, 4.69) is 48.5 Å². The Morgan fingerprint density at radius 1 is 1.14 bits per heavy atom. The minimum Gasteiger partial charge on any atom is -0.351 e. The number of H-pyrrole nitrogens is 1. The topological polar surface area (TPSA) is 78.1 Å². The highest BCUT2D eigenvalue weighted by Crippen LogP contribution is 2.39. The number of rotatable bonds is 9. The number of hydrogen-bond donors (Lipinski definition) is 3. The van der Waals surface area contributed by atoms with Gasteiger partial charge in [0, 0.05) is 46.3 Å². The van der Waals surface area contributed by atoms with Crippen molar-refractivity contribution < 1.29 is 9.00 Å². The molecule has 0 saturated heterocycles. The zero-order valence-electron chi connectivity index (χ0n) is 21.8. The van der Waals surface area contributed by atoms with Crippen LogP contribution >= 0.6 is 8.44 Å². The lowest BCUT2D eigenvalue weighted by Gasteiger charge is -2.19. The van der Waals surface area contributed by atoms with Crippen LogP contribution in [0.3, 0.4) is 0 Å². The zero-order chi connectivity index (χ0) is 26.0. The monoisotopic (exact) mass is 524 g/mol. The van der Waals surface area contributed by atoms with Gasteiger partial charge < -0.3 is 15.2 Å². The van der Waals surface area contributed by atoms with Crippen molar-refractivity contribution in [1.82, 2.24) is 20.2 Å². The Kier molecular flexibility index (Phi) is 7.93. The Morgan fingerprint density at radius 3 is 2.58 bits per heavy atom. The average molecular weight is 525 g/mol. The Labute approximate surface area is 216 Å². The molecule has 4 aromatic rings. The van der Waals surface area contributed by atoms with Gasteiger partial charge in [-0.15, -0.1) is 0 Å². The second-order valence-corrected chi connectivity index (χ2v) is 14.6. The summed E-state index contributed by atoms with van der Waals surface area (Å²) in [6, 6.07) is 12.0. The molecule has 0 aliphatic carbocycles. The minimum atomic E-state index is -2.53. The number of carbonyl (C=O) groups is 1. The standard InChI is InChI=1S/C28H37N4O2PS/c1-6-32(7-2)13-12-29-28(33)22-16-23(20-10-9-11-21(15-20)36(34,35)8-3)25-24-14-18(4)17-30-27(24)31-26(25)19(22)5/h9-11,14-17,36H,6-8,12-13,35H2,1-5H3,(H,29,33)(H,30,31). The maximum atomic E-state index is 13.4. The Bertz CT molecular complexity index is 1480. The number of carbonyl (C=O) groups excluding carboxylic acids is 1. The molecule has 0 spiro atoms.